The minimum Gasteiger partial charge on any atom is -0.397 e. The van der Waals surface area contributed by atoms with Crippen LogP contribution in [0.2, 0.25) is 0 Å². The monoisotopic (exact) mass is 190 g/mol. The Morgan fingerprint density at radius 3 is 2.79 bits per heavy atom. The number of nitrogens with zero attached hydrogens (tertiary/aromatic N) is 1. The van der Waals surface area contributed by atoms with E-state index in [1.807, 2.05) is 12.1 Å². The summed E-state index contributed by atoms with van der Waals surface area (Å²) in [5.41, 5.74) is 7.53. The largest absolute Gasteiger partial charge is 0.397 e. The van der Waals surface area contributed by atoms with E-state index < -0.39 is 0 Å². The zero-order valence-electron chi connectivity index (χ0n) is 8.90. The Balaban J connectivity index is 1.96. The van der Waals surface area contributed by atoms with Crippen LogP contribution in [0.3, 0.4) is 0 Å². The van der Waals surface area contributed by atoms with Gasteiger partial charge in [0.15, 0.2) is 0 Å². The molecule has 0 spiro atoms. The van der Waals surface area contributed by atoms with Gasteiger partial charge in [-0.15, -0.1) is 0 Å². The van der Waals surface area contributed by atoms with Gasteiger partial charge in [-0.2, -0.15) is 0 Å². The summed E-state index contributed by atoms with van der Waals surface area (Å²) >= 11 is 0. The highest BCUT2D eigenvalue weighted by Gasteiger charge is 2.33. The Labute approximate surface area is 85.5 Å². The average Bonchev–Trinajstić information content (AvgIpc) is 2.82. The van der Waals surface area contributed by atoms with E-state index in [9.17, 15) is 0 Å². The van der Waals surface area contributed by atoms with E-state index in [0.29, 0.717) is 5.92 Å². The molecule has 3 unspecified atom stereocenters. The lowest BCUT2D eigenvalue weighted by atomic mass is 9.99. The predicted molar refractivity (Wildman–Crippen MR) is 59.0 cm³/mol. The molecule has 1 aliphatic rings. The fraction of sp³-hybridized carbons (Fsp3) is 0.583. The zero-order chi connectivity index (χ0) is 10.1. The smallest absolute Gasteiger partial charge is 0.0501 e. The van der Waals surface area contributed by atoms with Crippen LogP contribution in [-0.2, 0) is 0 Å². The number of rotatable bonds is 3. The molecule has 0 aliphatic heterocycles. The first kappa shape index (κ1) is 9.50. The predicted octanol–water partition coefficient (Wildman–Crippen LogP) is 2.81. The van der Waals surface area contributed by atoms with Gasteiger partial charge in [0.2, 0.25) is 0 Å². The third-order valence-corrected chi connectivity index (χ3v) is 3.25. The van der Waals surface area contributed by atoms with Crippen molar-refractivity contribution < 1.29 is 0 Å². The van der Waals surface area contributed by atoms with Crippen LogP contribution >= 0.6 is 0 Å². The van der Waals surface area contributed by atoms with Gasteiger partial charge in [-0.25, -0.2) is 0 Å². The van der Waals surface area contributed by atoms with E-state index in [0.717, 1.165) is 17.5 Å². The summed E-state index contributed by atoms with van der Waals surface area (Å²) in [6, 6.07) is 3.99. The normalized spacial score (nSPS) is 27.3. The molecule has 0 saturated heterocycles. The molecule has 0 bridgehead atoms. The molecule has 0 radical (unpaired) electrons. The molecule has 1 aliphatic carbocycles. The first-order chi connectivity index (χ1) is 6.66. The molecule has 1 fully saturated rings. The summed E-state index contributed by atoms with van der Waals surface area (Å²) in [6.45, 7) is 4.58. The number of aromatic nitrogens is 1. The van der Waals surface area contributed by atoms with Crippen molar-refractivity contribution in [3.05, 3.63) is 24.0 Å². The maximum absolute atomic E-state index is 5.60. The summed E-state index contributed by atoms with van der Waals surface area (Å²) in [7, 11) is 0. The van der Waals surface area contributed by atoms with Crippen molar-refractivity contribution >= 4 is 5.69 Å². The molecule has 2 rings (SSSR count). The molecule has 3 atom stereocenters. The number of nitrogens with two attached hydrogens (primary N) is 1. The van der Waals surface area contributed by atoms with Gasteiger partial charge in [-0.05, 0) is 42.7 Å². The van der Waals surface area contributed by atoms with E-state index in [4.69, 9.17) is 5.73 Å². The van der Waals surface area contributed by atoms with Crippen LogP contribution in [0.25, 0.3) is 0 Å². The zero-order valence-corrected chi connectivity index (χ0v) is 8.90. The Morgan fingerprint density at radius 1 is 1.57 bits per heavy atom. The Kier molecular flexibility index (Phi) is 2.44. The van der Waals surface area contributed by atoms with Crippen molar-refractivity contribution in [3.63, 3.8) is 0 Å². The first-order valence-corrected chi connectivity index (χ1v) is 5.38. The topological polar surface area (TPSA) is 38.9 Å². The molecule has 0 amide bonds. The molecular formula is C12H18N2. The molecule has 1 aromatic rings. The highest BCUT2D eigenvalue weighted by atomic mass is 14.7. The summed E-state index contributed by atoms with van der Waals surface area (Å²) in [5, 5.41) is 0. The van der Waals surface area contributed by atoms with Gasteiger partial charge in [-0.1, -0.05) is 13.8 Å². The van der Waals surface area contributed by atoms with Gasteiger partial charge in [-0.3, -0.25) is 4.98 Å². The first-order valence-electron chi connectivity index (χ1n) is 5.38. The van der Waals surface area contributed by atoms with Crippen LogP contribution < -0.4 is 5.73 Å². The number of pyridine rings is 1. The van der Waals surface area contributed by atoms with Gasteiger partial charge in [0, 0.05) is 5.69 Å². The maximum Gasteiger partial charge on any atom is 0.0501 e. The number of hydrogen-bond donors (Lipinski definition) is 1. The molecule has 1 aromatic heterocycles. The second-order valence-electron chi connectivity index (χ2n) is 4.63. The molecule has 0 aromatic carbocycles. The lowest BCUT2D eigenvalue weighted by molar-refractivity contribution is 0.578. The Bertz CT molecular complexity index is 305. The second-order valence-corrected chi connectivity index (χ2v) is 4.63. The van der Waals surface area contributed by atoms with Crippen molar-refractivity contribution in [1.82, 2.24) is 4.98 Å². The molecule has 1 saturated carbocycles. The van der Waals surface area contributed by atoms with Crippen LogP contribution in [0, 0.1) is 11.8 Å². The van der Waals surface area contributed by atoms with E-state index in [2.05, 4.69) is 18.8 Å². The van der Waals surface area contributed by atoms with E-state index >= 15 is 0 Å². The Morgan fingerprint density at radius 2 is 2.29 bits per heavy atom. The fourth-order valence-corrected chi connectivity index (χ4v) is 2.01. The van der Waals surface area contributed by atoms with Crippen LogP contribution in [0.15, 0.2) is 18.3 Å². The standard InChI is InChI=1S/C12H18N2/c1-8-5-10(8)6-9(2)12-4-3-11(13)7-14-12/h3-4,7-10H,5-6,13H2,1-2H3. The van der Waals surface area contributed by atoms with Crippen LogP contribution in [0.1, 0.15) is 38.3 Å². The molecular weight excluding hydrogens is 172 g/mol. The lowest BCUT2D eigenvalue weighted by Crippen LogP contribution is -1.99. The van der Waals surface area contributed by atoms with Crippen molar-refractivity contribution in [3.8, 4) is 0 Å². The van der Waals surface area contributed by atoms with Gasteiger partial charge < -0.3 is 5.73 Å². The van der Waals surface area contributed by atoms with Gasteiger partial charge in [0.05, 0.1) is 11.9 Å². The summed E-state index contributed by atoms with van der Waals surface area (Å²) < 4.78 is 0. The average molecular weight is 190 g/mol. The molecule has 2 N–H and O–H groups in total. The highest BCUT2D eigenvalue weighted by Crippen LogP contribution is 2.44. The fourth-order valence-electron chi connectivity index (χ4n) is 2.01. The van der Waals surface area contributed by atoms with E-state index in [1.165, 1.54) is 18.5 Å². The number of anilines is 1. The Hall–Kier alpha value is -1.05. The summed E-state index contributed by atoms with van der Waals surface area (Å²) in [4.78, 5) is 4.36. The molecule has 2 nitrogen and oxygen atoms in total. The molecule has 2 heteroatoms. The van der Waals surface area contributed by atoms with Gasteiger partial charge in [0.25, 0.3) is 0 Å². The maximum atomic E-state index is 5.60. The van der Waals surface area contributed by atoms with Crippen LogP contribution in [-0.4, -0.2) is 4.98 Å². The lowest BCUT2D eigenvalue weighted by Gasteiger charge is -2.10. The SMILES string of the molecule is CC(CC1CC1C)c1ccc(N)cn1. The minimum atomic E-state index is 0.575. The number of nitrogen functional groups attached to an aromatic ring is 1. The number of hydrogen-bond acceptors (Lipinski definition) is 2. The quantitative estimate of drug-likeness (QED) is 0.796. The summed E-state index contributed by atoms with van der Waals surface area (Å²) in [5.74, 6) is 2.45. The van der Waals surface area contributed by atoms with Gasteiger partial charge >= 0.3 is 0 Å². The summed E-state index contributed by atoms with van der Waals surface area (Å²) in [6.07, 6.45) is 4.43. The molecule has 76 valence electrons. The minimum absolute atomic E-state index is 0.575. The van der Waals surface area contributed by atoms with Gasteiger partial charge in [0.1, 0.15) is 0 Å². The van der Waals surface area contributed by atoms with Crippen molar-refractivity contribution in [2.75, 3.05) is 5.73 Å². The van der Waals surface area contributed by atoms with Crippen molar-refractivity contribution in [2.45, 2.75) is 32.6 Å². The molecule has 1 heterocycles. The van der Waals surface area contributed by atoms with Crippen molar-refractivity contribution in [2.24, 2.45) is 11.8 Å². The van der Waals surface area contributed by atoms with E-state index in [1.54, 1.807) is 6.20 Å². The van der Waals surface area contributed by atoms with E-state index in [-0.39, 0.29) is 0 Å². The molecule has 14 heavy (non-hydrogen) atoms. The third kappa shape index (κ3) is 2.06. The second kappa shape index (κ2) is 3.60. The van der Waals surface area contributed by atoms with Crippen LogP contribution in [0.5, 0.6) is 0 Å². The third-order valence-electron chi connectivity index (χ3n) is 3.25. The highest BCUT2D eigenvalue weighted by molar-refractivity contribution is 5.35. The van der Waals surface area contributed by atoms with Crippen LogP contribution in [0.4, 0.5) is 5.69 Å². The van der Waals surface area contributed by atoms with Crippen molar-refractivity contribution in [1.29, 1.82) is 0 Å².